The van der Waals surface area contributed by atoms with E-state index in [-0.39, 0.29) is 5.56 Å². The average Bonchev–Trinajstić information content (AvgIpc) is 2.16. The van der Waals surface area contributed by atoms with E-state index in [1.54, 1.807) is 18.4 Å². The monoisotopic (exact) mass is 225 g/mol. The van der Waals surface area contributed by atoms with Crippen LogP contribution in [0, 0.1) is 0 Å². The Bertz CT molecular complexity index is 542. The number of carboxylic acid groups (broad SMARTS) is 1. The maximum Gasteiger partial charge on any atom is 0.335 e. The third kappa shape index (κ3) is 1.74. The van der Waals surface area contributed by atoms with Crippen molar-refractivity contribution in [3.8, 4) is 0 Å². The summed E-state index contributed by atoms with van der Waals surface area (Å²) in [6.07, 6.45) is 2.26. The first-order valence-corrected chi connectivity index (χ1v) is 6.47. The molecule has 4 nitrogen and oxygen atoms in total. The van der Waals surface area contributed by atoms with E-state index < -0.39 is 15.7 Å². The van der Waals surface area contributed by atoms with Gasteiger partial charge in [-0.05, 0) is 30.2 Å². The third-order valence-electron chi connectivity index (χ3n) is 2.43. The molecule has 0 aromatic heterocycles. The molecule has 1 unspecified atom stereocenters. The van der Waals surface area contributed by atoms with Gasteiger partial charge in [0.15, 0.2) is 0 Å². The molecule has 1 N–H and O–H groups in total. The van der Waals surface area contributed by atoms with Crippen molar-refractivity contribution in [2.24, 2.45) is 4.36 Å². The van der Waals surface area contributed by atoms with Crippen molar-refractivity contribution >= 4 is 15.7 Å². The van der Waals surface area contributed by atoms with Gasteiger partial charge in [0.05, 0.1) is 26.7 Å². The van der Waals surface area contributed by atoms with Gasteiger partial charge in [-0.25, -0.2) is 13.4 Å². The maximum absolute atomic E-state index is 12.0. The smallest absolute Gasteiger partial charge is 0.335 e. The zero-order chi connectivity index (χ0) is 11.1. The topological polar surface area (TPSA) is 66.7 Å². The van der Waals surface area contributed by atoms with Crippen LogP contribution in [0.1, 0.15) is 15.9 Å². The lowest BCUT2D eigenvalue weighted by atomic mass is 10.1. The first-order chi connectivity index (χ1) is 7.00. The Kier molecular flexibility index (Phi) is 2.26. The molecule has 0 aliphatic carbocycles. The van der Waals surface area contributed by atoms with Gasteiger partial charge in [-0.1, -0.05) is 0 Å². The standard InChI is InChI=1S/C10H11NO3S/c1-15(14)9-3-2-8(10(12)13)6-7(9)4-5-11-15/h2-3,6H,4-5H2,1H3,(H,12,13). The van der Waals surface area contributed by atoms with E-state index in [4.69, 9.17) is 5.11 Å². The Morgan fingerprint density at radius 3 is 2.93 bits per heavy atom. The lowest BCUT2D eigenvalue weighted by Crippen LogP contribution is -2.12. The molecule has 1 aromatic rings. The highest BCUT2D eigenvalue weighted by Gasteiger charge is 2.17. The zero-order valence-electron chi connectivity index (χ0n) is 8.27. The van der Waals surface area contributed by atoms with Crippen LogP contribution in [0.2, 0.25) is 0 Å². The number of nitrogens with zero attached hydrogens (tertiary/aromatic N) is 1. The third-order valence-corrected chi connectivity index (χ3v) is 4.32. The molecule has 1 aliphatic rings. The SMILES string of the molecule is CS1(=O)=NCCc2cc(C(=O)O)ccc21. The highest BCUT2D eigenvalue weighted by molar-refractivity contribution is 7.93. The minimum atomic E-state index is -2.30. The van der Waals surface area contributed by atoms with Crippen molar-refractivity contribution in [1.29, 1.82) is 0 Å². The van der Waals surface area contributed by atoms with Crippen molar-refractivity contribution in [3.63, 3.8) is 0 Å². The Morgan fingerprint density at radius 1 is 1.53 bits per heavy atom. The molecule has 1 heterocycles. The summed E-state index contributed by atoms with van der Waals surface area (Å²) in [6.45, 7) is 0.505. The molecule has 0 fully saturated rings. The zero-order valence-corrected chi connectivity index (χ0v) is 9.08. The number of aromatic carboxylic acids is 1. The molecule has 1 aromatic carbocycles. The van der Waals surface area contributed by atoms with Gasteiger partial charge in [0.25, 0.3) is 0 Å². The fourth-order valence-electron chi connectivity index (χ4n) is 1.69. The first-order valence-electron chi connectivity index (χ1n) is 4.55. The molecular formula is C10H11NO3S. The predicted octanol–water partition coefficient (Wildman–Crippen LogP) is 1.40. The molecule has 1 aliphatic heterocycles. The van der Waals surface area contributed by atoms with Crippen LogP contribution < -0.4 is 0 Å². The molecule has 1 atom stereocenters. The average molecular weight is 225 g/mol. The molecule has 5 heteroatoms. The minimum absolute atomic E-state index is 0.242. The van der Waals surface area contributed by atoms with Gasteiger partial charge in [0.2, 0.25) is 0 Å². The van der Waals surface area contributed by atoms with Gasteiger partial charge in [-0.2, -0.15) is 0 Å². The van der Waals surface area contributed by atoms with Crippen molar-refractivity contribution in [2.45, 2.75) is 11.3 Å². The number of rotatable bonds is 1. The second kappa shape index (κ2) is 3.34. The molecule has 0 spiro atoms. The number of hydrogen-bond acceptors (Lipinski definition) is 3. The molecular weight excluding hydrogens is 214 g/mol. The highest BCUT2D eigenvalue weighted by Crippen LogP contribution is 2.23. The van der Waals surface area contributed by atoms with Crippen LogP contribution >= 0.6 is 0 Å². The molecule has 2 rings (SSSR count). The molecule has 15 heavy (non-hydrogen) atoms. The van der Waals surface area contributed by atoms with Crippen LogP contribution in [0.3, 0.4) is 0 Å². The lowest BCUT2D eigenvalue weighted by Gasteiger charge is -2.15. The minimum Gasteiger partial charge on any atom is -0.478 e. The normalized spacial score (nSPS) is 24.1. The molecule has 80 valence electrons. The Labute approximate surface area is 88.1 Å². The number of fused-ring (bicyclic) bond motifs is 1. The summed E-state index contributed by atoms with van der Waals surface area (Å²) in [7, 11) is -2.30. The Morgan fingerprint density at radius 2 is 2.27 bits per heavy atom. The quantitative estimate of drug-likeness (QED) is 0.785. The predicted molar refractivity (Wildman–Crippen MR) is 56.7 cm³/mol. The van der Waals surface area contributed by atoms with E-state index in [2.05, 4.69) is 4.36 Å². The summed E-state index contributed by atoms with van der Waals surface area (Å²) in [6, 6.07) is 4.68. The van der Waals surface area contributed by atoms with Gasteiger partial charge >= 0.3 is 5.97 Å². The summed E-state index contributed by atoms with van der Waals surface area (Å²) in [4.78, 5) is 11.4. The first kappa shape index (κ1) is 10.2. The van der Waals surface area contributed by atoms with Crippen molar-refractivity contribution in [2.75, 3.05) is 12.8 Å². The van der Waals surface area contributed by atoms with Crippen LogP contribution in [-0.4, -0.2) is 28.1 Å². The second-order valence-electron chi connectivity index (χ2n) is 3.53. The summed E-state index contributed by atoms with van der Waals surface area (Å²) in [5, 5.41) is 8.82. The summed E-state index contributed by atoms with van der Waals surface area (Å²) >= 11 is 0. The number of benzene rings is 1. The Balaban J connectivity index is 2.62. The summed E-state index contributed by atoms with van der Waals surface area (Å²) in [5.41, 5.74) is 1.09. The molecule has 0 amide bonds. The maximum atomic E-state index is 12.0. The highest BCUT2D eigenvalue weighted by atomic mass is 32.2. The summed E-state index contributed by atoms with van der Waals surface area (Å²) < 4.78 is 16.1. The number of hydrogen-bond donors (Lipinski definition) is 1. The van der Waals surface area contributed by atoms with Gasteiger partial charge in [-0.3, -0.25) is 0 Å². The van der Waals surface area contributed by atoms with E-state index in [9.17, 15) is 9.00 Å². The van der Waals surface area contributed by atoms with Gasteiger partial charge in [0, 0.05) is 6.26 Å². The lowest BCUT2D eigenvalue weighted by molar-refractivity contribution is 0.0696. The van der Waals surface area contributed by atoms with Crippen LogP contribution in [0.15, 0.2) is 27.5 Å². The van der Waals surface area contributed by atoms with Gasteiger partial charge < -0.3 is 5.11 Å². The van der Waals surface area contributed by atoms with Gasteiger partial charge in [-0.15, -0.1) is 0 Å². The fourth-order valence-corrected chi connectivity index (χ4v) is 3.23. The number of carboxylic acids is 1. The molecule has 0 saturated heterocycles. The van der Waals surface area contributed by atoms with E-state index in [1.165, 1.54) is 6.07 Å². The molecule has 0 saturated carbocycles. The van der Waals surface area contributed by atoms with Crippen LogP contribution in [0.5, 0.6) is 0 Å². The van der Waals surface area contributed by atoms with Crippen molar-refractivity contribution in [1.82, 2.24) is 0 Å². The van der Waals surface area contributed by atoms with E-state index in [0.717, 1.165) is 5.56 Å². The Hall–Kier alpha value is -1.36. The van der Waals surface area contributed by atoms with Crippen LogP contribution in [0.4, 0.5) is 0 Å². The van der Waals surface area contributed by atoms with E-state index in [1.807, 2.05) is 0 Å². The fraction of sp³-hybridized carbons (Fsp3) is 0.300. The molecule has 0 radical (unpaired) electrons. The van der Waals surface area contributed by atoms with Crippen LogP contribution in [0.25, 0.3) is 0 Å². The van der Waals surface area contributed by atoms with Gasteiger partial charge in [0.1, 0.15) is 0 Å². The number of carbonyl (C=O) groups is 1. The largest absolute Gasteiger partial charge is 0.478 e. The van der Waals surface area contributed by atoms with Crippen LogP contribution in [-0.2, 0) is 16.1 Å². The van der Waals surface area contributed by atoms with E-state index >= 15 is 0 Å². The van der Waals surface area contributed by atoms with E-state index in [0.29, 0.717) is 17.9 Å². The van der Waals surface area contributed by atoms with Crippen molar-refractivity contribution in [3.05, 3.63) is 29.3 Å². The summed E-state index contributed by atoms with van der Waals surface area (Å²) in [5.74, 6) is -0.956. The van der Waals surface area contributed by atoms with Crippen molar-refractivity contribution < 1.29 is 14.1 Å². The molecule has 0 bridgehead atoms. The second-order valence-corrected chi connectivity index (χ2v) is 5.84.